The first kappa shape index (κ1) is 13.4. The second kappa shape index (κ2) is 5.47. The molecule has 0 unspecified atom stereocenters. The second-order valence-corrected chi connectivity index (χ2v) is 6.53. The zero-order valence-electron chi connectivity index (χ0n) is 12.1. The molecule has 0 amide bonds. The van der Waals surface area contributed by atoms with Gasteiger partial charge in [0.05, 0.1) is 22.7 Å². The van der Waals surface area contributed by atoms with Crippen LogP contribution in [0.5, 0.6) is 0 Å². The molecule has 1 saturated carbocycles. The quantitative estimate of drug-likeness (QED) is 0.934. The van der Waals surface area contributed by atoms with Crippen LogP contribution in [0.1, 0.15) is 42.6 Å². The predicted molar refractivity (Wildman–Crippen MR) is 85.1 cm³/mol. The number of aromatic nitrogens is 2. The third kappa shape index (κ3) is 2.60. The maximum absolute atomic E-state index is 6.52. The van der Waals surface area contributed by atoms with Crippen molar-refractivity contribution in [3.63, 3.8) is 0 Å². The summed E-state index contributed by atoms with van der Waals surface area (Å²) in [5, 5.41) is 4.41. The van der Waals surface area contributed by atoms with Gasteiger partial charge in [0.15, 0.2) is 0 Å². The van der Waals surface area contributed by atoms with Crippen LogP contribution in [0, 0.1) is 0 Å². The molecule has 2 aliphatic rings. The number of hydrogen-bond acceptors (Lipinski definition) is 2. The fourth-order valence-corrected chi connectivity index (χ4v) is 3.46. The van der Waals surface area contributed by atoms with Gasteiger partial charge in [-0.3, -0.25) is 0 Å². The molecule has 0 spiro atoms. The van der Waals surface area contributed by atoms with Crippen molar-refractivity contribution in [2.45, 2.75) is 51.1 Å². The Morgan fingerprint density at radius 1 is 1.24 bits per heavy atom. The van der Waals surface area contributed by atoms with Crippen LogP contribution in [0.2, 0.25) is 5.02 Å². The molecule has 1 aromatic carbocycles. The Morgan fingerprint density at radius 3 is 2.95 bits per heavy atom. The number of nitrogens with zero attached hydrogens (tertiary/aromatic N) is 2. The van der Waals surface area contributed by atoms with Gasteiger partial charge in [-0.1, -0.05) is 23.7 Å². The van der Waals surface area contributed by atoms with Gasteiger partial charge in [-0.2, -0.15) is 0 Å². The minimum absolute atomic E-state index is 0.702. The molecule has 4 heteroatoms. The predicted octanol–water partition coefficient (Wildman–Crippen LogP) is 3.66. The van der Waals surface area contributed by atoms with E-state index in [1.807, 2.05) is 18.5 Å². The van der Waals surface area contributed by atoms with Crippen LogP contribution >= 0.6 is 11.6 Å². The molecule has 110 valence electrons. The maximum atomic E-state index is 6.52. The van der Waals surface area contributed by atoms with E-state index in [1.165, 1.54) is 42.6 Å². The van der Waals surface area contributed by atoms with E-state index in [9.17, 15) is 0 Å². The first-order valence-corrected chi connectivity index (χ1v) is 8.27. The summed E-state index contributed by atoms with van der Waals surface area (Å²) in [5.41, 5.74) is 4.98. The highest BCUT2D eigenvalue weighted by Gasteiger charge is 2.22. The van der Waals surface area contributed by atoms with Crippen molar-refractivity contribution >= 4 is 11.6 Å². The zero-order chi connectivity index (χ0) is 14.2. The number of hydrogen-bond donors (Lipinski definition) is 1. The average molecular weight is 302 g/mol. The van der Waals surface area contributed by atoms with E-state index in [1.54, 1.807) is 0 Å². The van der Waals surface area contributed by atoms with Gasteiger partial charge >= 0.3 is 0 Å². The Labute approximate surface area is 130 Å². The molecule has 0 radical (unpaired) electrons. The summed E-state index contributed by atoms with van der Waals surface area (Å²) in [7, 11) is 0. The van der Waals surface area contributed by atoms with Crippen LogP contribution in [0.25, 0.3) is 5.69 Å². The zero-order valence-corrected chi connectivity index (χ0v) is 12.9. The van der Waals surface area contributed by atoms with E-state index in [0.717, 1.165) is 30.1 Å². The molecule has 0 atom stereocenters. The largest absolute Gasteiger partial charge is 0.310 e. The Bertz CT molecular complexity index is 658. The number of nitrogens with one attached hydrogen (secondary N) is 1. The lowest BCUT2D eigenvalue weighted by molar-refractivity contribution is 0.651. The number of aryl methyl sites for hydroxylation is 1. The highest BCUT2D eigenvalue weighted by atomic mass is 35.5. The minimum Gasteiger partial charge on any atom is -0.310 e. The van der Waals surface area contributed by atoms with Crippen LogP contribution < -0.4 is 5.32 Å². The normalized spacial score (nSPS) is 17.8. The van der Waals surface area contributed by atoms with Crippen LogP contribution in [0.15, 0.2) is 24.5 Å². The number of imidazole rings is 1. The molecule has 1 fully saturated rings. The molecule has 3 nitrogen and oxygen atoms in total. The standard InChI is InChI=1S/C17H20ClN3/c18-14-5-3-4-12(10-19-13-8-9-13)17(14)21-11-20-15-6-1-2-7-16(15)21/h3-5,11,13,19H,1-2,6-10H2. The highest BCUT2D eigenvalue weighted by molar-refractivity contribution is 6.32. The molecule has 0 saturated heterocycles. The molecule has 0 aliphatic heterocycles. The summed E-state index contributed by atoms with van der Waals surface area (Å²) in [6.07, 6.45) is 9.27. The van der Waals surface area contributed by atoms with Crippen molar-refractivity contribution in [3.8, 4) is 5.69 Å². The summed E-state index contributed by atoms with van der Waals surface area (Å²) < 4.78 is 2.22. The number of rotatable bonds is 4. The molecule has 21 heavy (non-hydrogen) atoms. The summed E-state index contributed by atoms with van der Waals surface area (Å²) in [5.74, 6) is 0. The van der Waals surface area contributed by atoms with Crippen molar-refractivity contribution in [1.29, 1.82) is 0 Å². The monoisotopic (exact) mass is 301 g/mol. The topological polar surface area (TPSA) is 29.9 Å². The highest BCUT2D eigenvalue weighted by Crippen LogP contribution is 2.30. The lowest BCUT2D eigenvalue weighted by Gasteiger charge is -2.18. The van der Waals surface area contributed by atoms with Crippen LogP contribution in [-0.2, 0) is 19.4 Å². The van der Waals surface area contributed by atoms with Crippen LogP contribution in [-0.4, -0.2) is 15.6 Å². The van der Waals surface area contributed by atoms with Gasteiger partial charge in [0.2, 0.25) is 0 Å². The minimum atomic E-state index is 0.702. The molecular formula is C17H20ClN3. The third-order valence-electron chi connectivity index (χ3n) is 4.50. The van der Waals surface area contributed by atoms with Crippen LogP contribution in [0.4, 0.5) is 0 Å². The Hall–Kier alpha value is -1.32. The maximum Gasteiger partial charge on any atom is 0.0998 e. The molecule has 2 aromatic rings. The smallest absolute Gasteiger partial charge is 0.0998 e. The van der Waals surface area contributed by atoms with E-state index in [-0.39, 0.29) is 0 Å². The summed E-state index contributed by atoms with van der Waals surface area (Å²) >= 11 is 6.52. The fraction of sp³-hybridized carbons (Fsp3) is 0.471. The third-order valence-corrected chi connectivity index (χ3v) is 4.80. The van der Waals surface area contributed by atoms with E-state index in [4.69, 9.17) is 11.6 Å². The number of para-hydroxylation sites is 1. The molecule has 0 bridgehead atoms. The number of fused-ring (bicyclic) bond motifs is 1. The van der Waals surface area contributed by atoms with E-state index < -0.39 is 0 Å². The lowest BCUT2D eigenvalue weighted by atomic mass is 10.0. The van der Waals surface area contributed by atoms with E-state index in [2.05, 4.69) is 20.9 Å². The SMILES string of the molecule is Clc1cccc(CNC2CC2)c1-n1cnc2c1CCCC2. The molecular weight excluding hydrogens is 282 g/mol. The Kier molecular flexibility index (Phi) is 3.48. The Balaban J connectivity index is 1.74. The van der Waals surface area contributed by atoms with Gasteiger partial charge in [0.25, 0.3) is 0 Å². The average Bonchev–Trinajstić information content (AvgIpc) is 3.24. The summed E-state index contributed by atoms with van der Waals surface area (Å²) in [6, 6.07) is 6.89. The van der Waals surface area contributed by atoms with Gasteiger partial charge in [0.1, 0.15) is 0 Å². The van der Waals surface area contributed by atoms with Crippen molar-refractivity contribution in [1.82, 2.24) is 14.9 Å². The van der Waals surface area contributed by atoms with Gasteiger partial charge in [0, 0.05) is 18.3 Å². The van der Waals surface area contributed by atoms with Gasteiger partial charge in [-0.15, -0.1) is 0 Å². The molecule has 2 aliphatic carbocycles. The van der Waals surface area contributed by atoms with E-state index in [0.29, 0.717) is 6.04 Å². The summed E-state index contributed by atoms with van der Waals surface area (Å²) in [4.78, 5) is 4.61. The number of benzene rings is 1. The van der Waals surface area contributed by atoms with Crippen molar-refractivity contribution < 1.29 is 0 Å². The van der Waals surface area contributed by atoms with Crippen molar-refractivity contribution in [2.24, 2.45) is 0 Å². The summed E-state index contributed by atoms with van der Waals surface area (Å²) in [6.45, 7) is 0.882. The van der Waals surface area contributed by atoms with Crippen molar-refractivity contribution in [2.75, 3.05) is 0 Å². The van der Waals surface area contributed by atoms with Gasteiger partial charge in [-0.25, -0.2) is 4.98 Å². The first-order chi connectivity index (χ1) is 10.3. The molecule has 1 N–H and O–H groups in total. The fourth-order valence-electron chi connectivity index (χ4n) is 3.18. The van der Waals surface area contributed by atoms with E-state index >= 15 is 0 Å². The van der Waals surface area contributed by atoms with Crippen LogP contribution in [0.3, 0.4) is 0 Å². The Morgan fingerprint density at radius 2 is 2.10 bits per heavy atom. The number of halogens is 1. The molecule has 1 aromatic heterocycles. The van der Waals surface area contributed by atoms with Crippen molar-refractivity contribution in [3.05, 3.63) is 46.5 Å². The molecule has 4 rings (SSSR count). The first-order valence-electron chi connectivity index (χ1n) is 7.89. The second-order valence-electron chi connectivity index (χ2n) is 6.12. The van der Waals surface area contributed by atoms with Gasteiger partial charge in [-0.05, 0) is 50.2 Å². The lowest BCUT2D eigenvalue weighted by Crippen LogP contribution is -2.17. The van der Waals surface area contributed by atoms with Gasteiger partial charge < -0.3 is 9.88 Å². The molecule has 1 heterocycles.